The van der Waals surface area contributed by atoms with Crippen LogP contribution < -0.4 is 4.74 Å². The summed E-state index contributed by atoms with van der Waals surface area (Å²) in [5.74, 6) is 4.38. The van der Waals surface area contributed by atoms with Crippen molar-refractivity contribution >= 4 is 0 Å². The van der Waals surface area contributed by atoms with Crippen molar-refractivity contribution in [2.45, 2.75) is 172 Å². The Bertz CT molecular complexity index is 701. The molecule has 36 heavy (non-hydrogen) atoms. The molecule has 3 unspecified atom stereocenters. The van der Waals surface area contributed by atoms with Crippen molar-refractivity contribution in [1.29, 1.82) is 0 Å². The maximum atomic E-state index is 6.71. The van der Waals surface area contributed by atoms with Crippen LogP contribution >= 0.6 is 0 Å². The maximum absolute atomic E-state index is 6.71. The number of hydrogen-bond donors (Lipinski definition) is 0. The van der Waals surface area contributed by atoms with Crippen molar-refractivity contribution in [2.24, 2.45) is 17.8 Å². The second kappa shape index (κ2) is 18.3. The van der Waals surface area contributed by atoms with E-state index in [0.717, 1.165) is 30.6 Å². The molecule has 0 aromatic heterocycles. The van der Waals surface area contributed by atoms with E-state index in [0.29, 0.717) is 5.92 Å². The number of rotatable bonds is 13. The highest BCUT2D eigenvalue weighted by atomic mass is 16.5. The zero-order valence-electron chi connectivity index (χ0n) is 27.1. The topological polar surface area (TPSA) is 9.23 Å². The fourth-order valence-corrected chi connectivity index (χ4v) is 5.59. The average molecular weight is 503 g/mol. The minimum Gasteiger partial charge on any atom is -0.487 e. The predicted octanol–water partition coefficient (Wildman–Crippen LogP) is 12.0. The third-order valence-electron chi connectivity index (χ3n) is 8.13. The van der Waals surface area contributed by atoms with Crippen LogP contribution in [0.2, 0.25) is 0 Å². The number of fused-ring (bicyclic) bond motifs is 1. The lowest BCUT2D eigenvalue weighted by Crippen LogP contribution is -2.37. The van der Waals surface area contributed by atoms with Crippen molar-refractivity contribution in [3.8, 4) is 5.75 Å². The molecule has 0 saturated heterocycles. The molecule has 1 heteroatoms. The Kier molecular flexibility index (Phi) is 17.8. The molecular weight excluding hydrogens is 436 g/mol. The summed E-state index contributed by atoms with van der Waals surface area (Å²) in [7, 11) is 0. The minimum absolute atomic E-state index is 0.00813. The Morgan fingerprint density at radius 3 is 1.75 bits per heavy atom. The summed E-state index contributed by atoms with van der Waals surface area (Å²) in [6.07, 6.45) is 14.6. The third-order valence-corrected chi connectivity index (χ3v) is 8.13. The van der Waals surface area contributed by atoms with Crippen LogP contribution in [0.15, 0.2) is 6.07 Å². The van der Waals surface area contributed by atoms with Crippen molar-refractivity contribution < 1.29 is 4.74 Å². The van der Waals surface area contributed by atoms with Gasteiger partial charge in [0.2, 0.25) is 0 Å². The van der Waals surface area contributed by atoms with Crippen molar-refractivity contribution in [1.82, 2.24) is 0 Å². The molecular formula is C35H66O. The molecule has 2 rings (SSSR count). The summed E-state index contributed by atoms with van der Waals surface area (Å²) in [5.41, 5.74) is 5.73. The van der Waals surface area contributed by atoms with Gasteiger partial charge in [-0.2, -0.15) is 0 Å². The van der Waals surface area contributed by atoms with Gasteiger partial charge in [0.15, 0.2) is 0 Å². The van der Waals surface area contributed by atoms with Gasteiger partial charge < -0.3 is 4.74 Å². The molecule has 0 N–H and O–H groups in total. The van der Waals surface area contributed by atoms with Gasteiger partial charge in [0.05, 0.1) is 0 Å². The fraction of sp³-hybridized carbons (Fsp3) is 0.829. The molecule has 1 aromatic rings. The Labute approximate surface area is 228 Å². The van der Waals surface area contributed by atoms with Crippen LogP contribution in [0, 0.1) is 31.6 Å². The van der Waals surface area contributed by atoms with E-state index in [4.69, 9.17) is 4.74 Å². The van der Waals surface area contributed by atoms with Gasteiger partial charge in [-0.15, -0.1) is 0 Å². The molecule has 1 heterocycles. The molecule has 1 nitrogen and oxygen atoms in total. The van der Waals surface area contributed by atoms with Crippen molar-refractivity contribution in [3.05, 3.63) is 28.3 Å². The molecule has 0 aliphatic carbocycles. The highest BCUT2D eigenvalue weighted by Crippen LogP contribution is 2.41. The van der Waals surface area contributed by atoms with Crippen LogP contribution in [0.25, 0.3) is 0 Å². The molecule has 1 aliphatic heterocycles. The van der Waals surface area contributed by atoms with Gasteiger partial charge in [0.1, 0.15) is 11.4 Å². The van der Waals surface area contributed by atoms with Crippen LogP contribution in [0.1, 0.15) is 169 Å². The van der Waals surface area contributed by atoms with Gasteiger partial charge in [-0.25, -0.2) is 0 Å². The Hall–Kier alpha value is -0.980. The molecule has 212 valence electrons. The summed E-state index contributed by atoms with van der Waals surface area (Å²) < 4.78 is 6.71. The first-order valence-corrected chi connectivity index (χ1v) is 15.8. The fourth-order valence-electron chi connectivity index (χ4n) is 5.59. The lowest BCUT2D eigenvalue weighted by molar-refractivity contribution is 0.0515. The zero-order valence-corrected chi connectivity index (χ0v) is 27.1. The lowest BCUT2D eigenvalue weighted by atomic mass is 9.83. The molecule has 1 aliphatic rings. The minimum atomic E-state index is 0.00813. The average Bonchev–Trinajstić information content (AvgIpc) is 2.84. The van der Waals surface area contributed by atoms with Gasteiger partial charge in [-0.3, -0.25) is 0 Å². The molecule has 0 fully saturated rings. The van der Waals surface area contributed by atoms with Gasteiger partial charge in [0.25, 0.3) is 0 Å². The van der Waals surface area contributed by atoms with Crippen LogP contribution in [-0.4, -0.2) is 5.60 Å². The van der Waals surface area contributed by atoms with Crippen LogP contribution in [0.4, 0.5) is 0 Å². The van der Waals surface area contributed by atoms with Crippen LogP contribution in [-0.2, 0) is 6.42 Å². The van der Waals surface area contributed by atoms with Crippen LogP contribution in [0.5, 0.6) is 5.75 Å². The SMILES string of the molecule is CC.CC.Cc1c(C(C)C)cc2c(c1C)OC(C)(CCCC(C)CCCC(C)CCCC(C)C)CC2. The van der Waals surface area contributed by atoms with Gasteiger partial charge >= 0.3 is 0 Å². The predicted molar refractivity (Wildman–Crippen MR) is 165 cm³/mol. The third kappa shape index (κ3) is 12.0. The first kappa shape index (κ1) is 35.0. The highest BCUT2D eigenvalue weighted by Gasteiger charge is 2.33. The molecule has 0 radical (unpaired) electrons. The van der Waals surface area contributed by atoms with E-state index in [9.17, 15) is 0 Å². The highest BCUT2D eigenvalue weighted by molar-refractivity contribution is 5.51. The standard InChI is InChI=1S/C31H54O.2C2H6/c1-22(2)13-10-14-24(5)15-11-16-25(6)17-12-19-31(9)20-18-28-21-29(23(3)4)26(7)27(8)30(28)32-31;2*1-2/h21-25H,10-20H2,1-9H3;2*1-2H3. The number of aryl methyl sites for hydroxylation is 1. The van der Waals surface area contributed by atoms with E-state index >= 15 is 0 Å². The molecule has 0 spiro atoms. The number of ether oxygens (including phenoxy) is 1. The van der Waals surface area contributed by atoms with E-state index in [1.807, 2.05) is 27.7 Å². The molecule has 0 amide bonds. The smallest absolute Gasteiger partial charge is 0.126 e. The zero-order chi connectivity index (χ0) is 27.9. The summed E-state index contributed by atoms with van der Waals surface area (Å²) >= 11 is 0. The van der Waals surface area contributed by atoms with Gasteiger partial charge in [0, 0.05) is 0 Å². The van der Waals surface area contributed by atoms with Gasteiger partial charge in [-0.05, 0) is 92.4 Å². The maximum Gasteiger partial charge on any atom is 0.126 e. The molecule has 3 atom stereocenters. The normalized spacial score (nSPS) is 18.4. The largest absolute Gasteiger partial charge is 0.487 e. The molecule has 0 saturated carbocycles. The summed E-state index contributed by atoms with van der Waals surface area (Å²) in [5, 5.41) is 0. The van der Waals surface area contributed by atoms with Gasteiger partial charge in [-0.1, -0.05) is 120 Å². The quantitative estimate of drug-likeness (QED) is 0.260. The Morgan fingerprint density at radius 2 is 1.25 bits per heavy atom. The second-order valence-corrected chi connectivity index (χ2v) is 12.3. The first-order valence-electron chi connectivity index (χ1n) is 15.8. The molecule has 0 bridgehead atoms. The number of benzene rings is 1. The van der Waals surface area contributed by atoms with E-state index in [-0.39, 0.29) is 5.60 Å². The summed E-state index contributed by atoms with van der Waals surface area (Å²) in [4.78, 5) is 0. The van der Waals surface area contributed by atoms with E-state index < -0.39 is 0 Å². The Balaban J connectivity index is 0.00000291. The summed E-state index contributed by atoms with van der Waals surface area (Å²) in [6, 6.07) is 2.42. The van der Waals surface area contributed by atoms with E-state index in [1.54, 1.807) is 0 Å². The van der Waals surface area contributed by atoms with Crippen molar-refractivity contribution in [3.63, 3.8) is 0 Å². The lowest BCUT2D eigenvalue weighted by Gasteiger charge is -2.38. The van der Waals surface area contributed by atoms with Crippen molar-refractivity contribution in [2.75, 3.05) is 0 Å². The monoisotopic (exact) mass is 503 g/mol. The second-order valence-electron chi connectivity index (χ2n) is 12.3. The molecule has 1 aromatic carbocycles. The number of hydrogen-bond acceptors (Lipinski definition) is 1. The Morgan fingerprint density at radius 1 is 0.750 bits per heavy atom. The van der Waals surface area contributed by atoms with E-state index in [2.05, 4.69) is 68.4 Å². The first-order chi connectivity index (χ1) is 17.0. The van der Waals surface area contributed by atoms with E-state index in [1.165, 1.54) is 85.8 Å². The van der Waals surface area contributed by atoms with Crippen LogP contribution in [0.3, 0.4) is 0 Å². The summed E-state index contributed by atoms with van der Waals surface area (Å²) in [6.45, 7) is 29.1.